The molecule has 1 radical (unpaired) electrons. The Bertz CT molecular complexity index is 1600. The molecule has 0 saturated heterocycles. The third kappa shape index (κ3) is 3.77. The van der Waals surface area contributed by atoms with Crippen molar-refractivity contribution in [2.24, 2.45) is 0 Å². The predicted molar refractivity (Wildman–Crippen MR) is 152 cm³/mol. The van der Waals surface area contributed by atoms with Crippen molar-refractivity contribution < 1.29 is 7.55 Å². The van der Waals surface area contributed by atoms with Crippen LogP contribution in [0.3, 0.4) is 0 Å². The summed E-state index contributed by atoms with van der Waals surface area (Å²) >= 11 is -4.51. The van der Waals surface area contributed by atoms with Crippen molar-refractivity contribution in [1.82, 2.24) is 10.2 Å². The molecule has 0 amide bonds. The molecule has 185 valence electrons. The van der Waals surface area contributed by atoms with Crippen LogP contribution in [0, 0.1) is 0 Å². The Morgan fingerprint density at radius 3 is 1.92 bits per heavy atom. The van der Waals surface area contributed by atoms with Gasteiger partial charge in [-0.05, 0) is 0 Å². The molecule has 1 heterocycles. The molecule has 0 aliphatic carbocycles. The van der Waals surface area contributed by atoms with Gasteiger partial charge in [0.2, 0.25) is 0 Å². The van der Waals surface area contributed by atoms with Crippen LogP contribution in [-0.4, -0.2) is 36.7 Å². The molecule has 0 aliphatic heterocycles. The summed E-state index contributed by atoms with van der Waals surface area (Å²) in [7, 11) is 1.68. The Hall–Kier alpha value is -2.71. The van der Waals surface area contributed by atoms with Crippen molar-refractivity contribution in [2.45, 2.75) is 48.3 Å². The van der Waals surface area contributed by atoms with Crippen molar-refractivity contribution in [3.63, 3.8) is 0 Å². The van der Waals surface area contributed by atoms with Crippen LogP contribution in [0.4, 0.5) is 2.81 Å². The molecule has 5 aromatic rings. The molecule has 0 aliphatic rings. The first kappa shape index (κ1) is 25.0. The SMILES string of the molecule is COc1cc(-c2nncc3[c]([Sb]([F])([C](C)(C)C)[C](C)(C)C)c4ccccc4cc23)cc2ccccc12. The quantitative estimate of drug-likeness (QED) is 0.157. The number of nitrogens with zero attached hydrogens (tertiary/aromatic N) is 2. The summed E-state index contributed by atoms with van der Waals surface area (Å²) in [6.07, 6.45) is 1.78. The van der Waals surface area contributed by atoms with Gasteiger partial charge in [-0.2, -0.15) is 0 Å². The number of benzene rings is 4. The molecule has 0 spiro atoms. The average molecular weight is 590 g/mol. The molecule has 1 aromatic heterocycles. The first-order valence-corrected chi connectivity index (χ1v) is 17.1. The van der Waals surface area contributed by atoms with Gasteiger partial charge in [0, 0.05) is 0 Å². The van der Waals surface area contributed by atoms with Gasteiger partial charge >= 0.3 is 218 Å². The molecule has 0 atom stereocenters. The average Bonchev–Trinajstić information content (AvgIpc) is 2.84. The molecule has 0 bridgehead atoms. The summed E-state index contributed by atoms with van der Waals surface area (Å²) in [4.78, 5) is 0. The number of ether oxygens (including phenoxy) is 1. The normalized spacial score (nSPS) is 13.0. The van der Waals surface area contributed by atoms with Gasteiger partial charge in [0.05, 0.1) is 0 Å². The van der Waals surface area contributed by atoms with Gasteiger partial charge in [-0.1, -0.05) is 0 Å². The Kier molecular flexibility index (Phi) is 6.03. The fourth-order valence-corrected chi connectivity index (χ4v) is 18.2. The summed E-state index contributed by atoms with van der Waals surface area (Å²) in [5, 5.41) is 15.0. The molecule has 0 fully saturated rings. The predicted octanol–water partition coefficient (Wildman–Crippen LogP) is 8.33. The Morgan fingerprint density at radius 1 is 0.722 bits per heavy atom. The van der Waals surface area contributed by atoms with E-state index in [-0.39, 0.29) is 0 Å². The van der Waals surface area contributed by atoms with Crippen LogP contribution in [0.5, 0.6) is 5.75 Å². The molecule has 0 unspecified atom stereocenters. The van der Waals surface area contributed by atoms with E-state index < -0.39 is 26.1 Å². The third-order valence-corrected chi connectivity index (χ3v) is 20.8. The van der Waals surface area contributed by atoms with Gasteiger partial charge in [0.25, 0.3) is 0 Å². The fourth-order valence-electron chi connectivity index (χ4n) is 5.67. The number of rotatable bonds is 3. The van der Waals surface area contributed by atoms with Gasteiger partial charge < -0.3 is 0 Å². The first-order chi connectivity index (χ1) is 17.0. The van der Waals surface area contributed by atoms with Gasteiger partial charge in [-0.25, -0.2) is 0 Å². The Labute approximate surface area is 217 Å². The van der Waals surface area contributed by atoms with E-state index in [2.05, 4.69) is 88.1 Å². The van der Waals surface area contributed by atoms with Crippen molar-refractivity contribution in [1.29, 1.82) is 0 Å². The second-order valence-electron chi connectivity index (χ2n) is 11.4. The molecule has 36 heavy (non-hydrogen) atoms. The van der Waals surface area contributed by atoms with E-state index in [1.807, 2.05) is 30.3 Å². The number of aromatic nitrogens is 2. The second kappa shape index (κ2) is 8.70. The first-order valence-electron chi connectivity index (χ1n) is 12.3. The van der Waals surface area contributed by atoms with E-state index in [9.17, 15) is 0 Å². The summed E-state index contributed by atoms with van der Waals surface area (Å²) in [6.45, 7) is 12.4. The standard InChI is InChI=1S/C23H15N2O.2C4H9.FH.Sb/c1-26-22-13-18(11-17-8-4-5-9-20(17)22)23-21-12-16-7-3-2-6-15(16)10-19(21)14-24-25-23;2*1-4(2)3;;/h2-9,11-14H,1H3;2*1-3H3;1H;/q;;;;+1/p-1. The Morgan fingerprint density at radius 2 is 1.31 bits per heavy atom. The van der Waals surface area contributed by atoms with E-state index in [0.717, 1.165) is 52.8 Å². The number of fused-ring (bicyclic) bond motifs is 3. The van der Waals surface area contributed by atoms with E-state index >= 15 is 2.81 Å². The Balaban J connectivity index is 1.94. The zero-order chi connectivity index (χ0) is 25.9. The molecule has 0 N–H and O–H groups in total. The van der Waals surface area contributed by atoms with Crippen LogP contribution in [0.15, 0.2) is 72.9 Å². The van der Waals surface area contributed by atoms with Crippen molar-refractivity contribution in [3.05, 3.63) is 72.9 Å². The van der Waals surface area contributed by atoms with Gasteiger partial charge in [-0.15, -0.1) is 0 Å². The minimum atomic E-state index is -4.51. The fraction of sp³-hybridized carbons (Fsp3) is 0.290. The van der Waals surface area contributed by atoms with Crippen molar-refractivity contribution in [3.8, 4) is 17.0 Å². The monoisotopic (exact) mass is 589 g/mol. The molecule has 5 heteroatoms. The third-order valence-electron chi connectivity index (χ3n) is 7.13. The molecular formula is C31H33FN2OSb. The number of methoxy groups -OCH3 is 1. The molecule has 3 nitrogen and oxygen atoms in total. The summed E-state index contributed by atoms with van der Waals surface area (Å²) in [6, 6.07) is 22.6. The summed E-state index contributed by atoms with van der Waals surface area (Å²) < 4.78 is 23.7. The van der Waals surface area contributed by atoms with Gasteiger partial charge in [-0.3, -0.25) is 0 Å². The summed E-state index contributed by atoms with van der Waals surface area (Å²) in [5.41, 5.74) is 1.66. The van der Waals surface area contributed by atoms with Crippen LogP contribution >= 0.6 is 0 Å². The maximum absolute atomic E-state index is 18.0. The molecule has 4 aromatic carbocycles. The van der Waals surface area contributed by atoms with Crippen LogP contribution in [0.2, 0.25) is 6.72 Å². The number of halogens is 1. The molecular weight excluding hydrogens is 557 g/mol. The van der Waals surface area contributed by atoms with E-state index in [1.54, 1.807) is 13.3 Å². The van der Waals surface area contributed by atoms with Crippen LogP contribution in [0.1, 0.15) is 41.5 Å². The van der Waals surface area contributed by atoms with E-state index in [0.29, 0.717) is 0 Å². The van der Waals surface area contributed by atoms with E-state index in [1.165, 1.54) is 0 Å². The maximum atomic E-state index is 18.0. The zero-order valence-electron chi connectivity index (χ0n) is 22.1. The number of hydrogen-bond donors (Lipinski definition) is 0. The van der Waals surface area contributed by atoms with E-state index in [4.69, 9.17) is 4.74 Å². The molecule has 5 rings (SSSR count). The summed E-state index contributed by atoms with van der Waals surface area (Å²) in [5.74, 6) is 0.783. The number of hydrogen-bond acceptors (Lipinski definition) is 3. The van der Waals surface area contributed by atoms with Crippen molar-refractivity contribution >= 4 is 55.2 Å². The van der Waals surface area contributed by atoms with Gasteiger partial charge in [0.15, 0.2) is 0 Å². The van der Waals surface area contributed by atoms with Crippen LogP contribution < -0.4 is 8.25 Å². The molecule has 0 saturated carbocycles. The topological polar surface area (TPSA) is 35.0 Å². The second-order valence-corrected chi connectivity index (χ2v) is 23.7. The minimum absolute atomic E-state index is 0.469. The van der Waals surface area contributed by atoms with Gasteiger partial charge in [0.1, 0.15) is 0 Å². The van der Waals surface area contributed by atoms with Crippen LogP contribution in [0.25, 0.3) is 43.6 Å². The van der Waals surface area contributed by atoms with Crippen LogP contribution in [-0.2, 0) is 0 Å². The van der Waals surface area contributed by atoms with Crippen molar-refractivity contribution in [2.75, 3.05) is 7.11 Å². The zero-order valence-corrected chi connectivity index (χ0v) is 24.6.